The first-order chi connectivity index (χ1) is 11.0. The third-order valence-corrected chi connectivity index (χ3v) is 4.43. The summed E-state index contributed by atoms with van der Waals surface area (Å²) >= 11 is 3.37. The highest BCUT2D eigenvalue weighted by Gasteiger charge is 2.16. The fourth-order valence-electron chi connectivity index (χ4n) is 2.70. The number of halogens is 1. The van der Waals surface area contributed by atoms with E-state index in [0.29, 0.717) is 11.4 Å². The van der Waals surface area contributed by atoms with Crippen LogP contribution < -0.4 is 21.7 Å². The molecule has 7 heteroatoms. The van der Waals surface area contributed by atoms with Gasteiger partial charge in [-0.25, -0.2) is 4.79 Å². The summed E-state index contributed by atoms with van der Waals surface area (Å²) in [6, 6.07) is 3.53. The number of anilines is 2. The van der Waals surface area contributed by atoms with Crippen molar-refractivity contribution < 1.29 is 9.59 Å². The van der Waals surface area contributed by atoms with Crippen LogP contribution in [0.2, 0.25) is 0 Å². The number of carbonyl (C=O) groups is 2. The molecule has 1 aliphatic rings. The Morgan fingerprint density at radius 2 is 1.96 bits per heavy atom. The van der Waals surface area contributed by atoms with Crippen LogP contribution in [-0.2, 0) is 4.79 Å². The molecule has 1 fully saturated rings. The molecule has 126 valence electrons. The fraction of sp³-hybridized carbons (Fsp3) is 0.500. The molecule has 0 spiro atoms. The molecule has 0 unspecified atom stereocenters. The number of hydrogen-bond donors (Lipinski definition) is 4. The summed E-state index contributed by atoms with van der Waals surface area (Å²) in [5.74, 6) is -0.312. The van der Waals surface area contributed by atoms with E-state index >= 15 is 0 Å². The van der Waals surface area contributed by atoms with Gasteiger partial charge in [-0.3, -0.25) is 4.79 Å². The van der Waals surface area contributed by atoms with Gasteiger partial charge < -0.3 is 21.7 Å². The van der Waals surface area contributed by atoms with Gasteiger partial charge in [0, 0.05) is 10.5 Å². The number of benzene rings is 1. The molecule has 0 heterocycles. The van der Waals surface area contributed by atoms with Crippen LogP contribution in [0.15, 0.2) is 16.6 Å². The molecule has 1 saturated carbocycles. The molecular formula is C16H23BrN4O2. The van der Waals surface area contributed by atoms with Crippen molar-refractivity contribution in [2.45, 2.75) is 45.1 Å². The van der Waals surface area contributed by atoms with Crippen LogP contribution in [-0.4, -0.2) is 24.5 Å². The van der Waals surface area contributed by atoms with Gasteiger partial charge in [0.1, 0.15) is 0 Å². The zero-order valence-electron chi connectivity index (χ0n) is 13.2. The lowest BCUT2D eigenvalue weighted by molar-refractivity contribution is -0.115. The molecule has 0 aromatic heterocycles. The Balaban J connectivity index is 1.79. The van der Waals surface area contributed by atoms with Crippen molar-refractivity contribution in [3.8, 4) is 0 Å². The number of rotatable bonds is 4. The Morgan fingerprint density at radius 3 is 2.65 bits per heavy atom. The van der Waals surface area contributed by atoms with Crippen LogP contribution in [0.1, 0.15) is 37.7 Å². The Morgan fingerprint density at radius 1 is 1.26 bits per heavy atom. The molecule has 23 heavy (non-hydrogen) atoms. The standard InChI is InChI=1S/C16H23BrN4O2/c1-10-7-11(17)8-13(15(10)18)21-14(22)9-19-16(23)20-12-5-3-2-4-6-12/h7-8,12H,2-6,9,18H2,1H3,(H,21,22)(H2,19,20,23). The van der Waals surface area contributed by atoms with Gasteiger partial charge in [0.25, 0.3) is 0 Å². The average molecular weight is 383 g/mol. The maximum absolute atomic E-state index is 12.0. The van der Waals surface area contributed by atoms with Crippen LogP contribution in [0.5, 0.6) is 0 Å². The molecule has 0 atom stereocenters. The Hall–Kier alpha value is -1.76. The minimum absolute atomic E-state index is 0.0937. The predicted molar refractivity (Wildman–Crippen MR) is 95.3 cm³/mol. The second-order valence-corrected chi connectivity index (χ2v) is 6.81. The topological polar surface area (TPSA) is 96.2 Å². The fourth-order valence-corrected chi connectivity index (χ4v) is 3.27. The summed E-state index contributed by atoms with van der Waals surface area (Å²) in [6.07, 6.45) is 5.54. The molecule has 6 nitrogen and oxygen atoms in total. The highest BCUT2D eigenvalue weighted by molar-refractivity contribution is 9.10. The number of carbonyl (C=O) groups excluding carboxylic acids is 2. The van der Waals surface area contributed by atoms with E-state index < -0.39 is 0 Å². The van der Waals surface area contributed by atoms with E-state index in [2.05, 4.69) is 31.9 Å². The molecule has 3 amide bonds. The first kappa shape index (κ1) is 17.6. The van der Waals surface area contributed by atoms with E-state index in [1.165, 1.54) is 6.42 Å². The molecule has 0 saturated heterocycles. The monoisotopic (exact) mass is 382 g/mol. The number of nitrogens with one attached hydrogen (secondary N) is 3. The second kappa shape index (κ2) is 8.19. The van der Waals surface area contributed by atoms with Crippen LogP contribution in [0.3, 0.4) is 0 Å². The number of urea groups is 1. The van der Waals surface area contributed by atoms with Crippen LogP contribution in [0.4, 0.5) is 16.2 Å². The first-order valence-corrected chi connectivity index (χ1v) is 8.65. The lowest BCUT2D eigenvalue weighted by Crippen LogP contribution is -2.45. The quantitative estimate of drug-likeness (QED) is 0.602. The average Bonchev–Trinajstić information content (AvgIpc) is 2.51. The predicted octanol–water partition coefficient (Wildman–Crippen LogP) is 2.91. The third-order valence-electron chi connectivity index (χ3n) is 3.98. The van der Waals surface area contributed by atoms with Gasteiger partial charge in [-0.05, 0) is 37.5 Å². The van der Waals surface area contributed by atoms with Crippen LogP contribution in [0.25, 0.3) is 0 Å². The van der Waals surface area contributed by atoms with Gasteiger partial charge in [0.15, 0.2) is 0 Å². The zero-order chi connectivity index (χ0) is 16.8. The van der Waals surface area contributed by atoms with Gasteiger partial charge >= 0.3 is 6.03 Å². The smallest absolute Gasteiger partial charge is 0.315 e. The maximum atomic E-state index is 12.0. The second-order valence-electron chi connectivity index (χ2n) is 5.89. The molecule has 0 aliphatic heterocycles. The number of nitrogen functional groups attached to an aromatic ring is 1. The van der Waals surface area contributed by atoms with Gasteiger partial charge in [0.2, 0.25) is 5.91 Å². The number of hydrogen-bond acceptors (Lipinski definition) is 3. The first-order valence-electron chi connectivity index (χ1n) is 7.85. The van der Waals surface area contributed by atoms with Gasteiger partial charge in [-0.1, -0.05) is 35.2 Å². The van der Waals surface area contributed by atoms with Crippen molar-refractivity contribution in [3.05, 3.63) is 22.2 Å². The number of aryl methyl sites for hydroxylation is 1. The van der Waals surface area contributed by atoms with Crippen molar-refractivity contribution in [3.63, 3.8) is 0 Å². The lowest BCUT2D eigenvalue weighted by atomic mass is 9.96. The number of amides is 3. The van der Waals surface area contributed by atoms with Crippen LogP contribution in [0, 0.1) is 6.92 Å². The summed E-state index contributed by atoms with van der Waals surface area (Å²) in [4.78, 5) is 23.8. The number of nitrogens with two attached hydrogens (primary N) is 1. The summed E-state index contributed by atoms with van der Waals surface area (Å²) < 4.78 is 0.836. The van der Waals surface area contributed by atoms with E-state index in [0.717, 1.165) is 35.7 Å². The third kappa shape index (κ3) is 5.42. The minimum atomic E-state index is -0.312. The normalized spacial score (nSPS) is 15.0. The van der Waals surface area contributed by atoms with Crippen molar-refractivity contribution in [2.24, 2.45) is 0 Å². The SMILES string of the molecule is Cc1cc(Br)cc(NC(=O)CNC(=O)NC2CCCCC2)c1N. The minimum Gasteiger partial charge on any atom is -0.397 e. The van der Waals surface area contributed by atoms with E-state index in [4.69, 9.17) is 5.73 Å². The molecule has 1 aliphatic carbocycles. The van der Waals surface area contributed by atoms with Crippen molar-refractivity contribution in [2.75, 3.05) is 17.6 Å². The summed E-state index contributed by atoms with van der Waals surface area (Å²) in [6.45, 7) is 1.77. The molecule has 1 aromatic carbocycles. The zero-order valence-corrected chi connectivity index (χ0v) is 14.8. The van der Waals surface area contributed by atoms with E-state index in [1.807, 2.05) is 13.0 Å². The van der Waals surface area contributed by atoms with E-state index in [9.17, 15) is 9.59 Å². The Kier molecular flexibility index (Phi) is 6.27. The molecule has 0 bridgehead atoms. The van der Waals surface area contributed by atoms with Gasteiger partial charge in [0.05, 0.1) is 17.9 Å². The molecule has 5 N–H and O–H groups in total. The molecule has 1 aromatic rings. The van der Waals surface area contributed by atoms with E-state index in [-0.39, 0.29) is 24.5 Å². The highest BCUT2D eigenvalue weighted by Crippen LogP contribution is 2.27. The molecular weight excluding hydrogens is 360 g/mol. The largest absolute Gasteiger partial charge is 0.397 e. The Bertz CT molecular complexity index is 586. The van der Waals surface area contributed by atoms with Crippen molar-refractivity contribution in [1.29, 1.82) is 0 Å². The lowest BCUT2D eigenvalue weighted by Gasteiger charge is -2.22. The molecule has 2 rings (SSSR count). The molecule has 0 radical (unpaired) electrons. The van der Waals surface area contributed by atoms with E-state index in [1.54, 1.807) is 6.07 Å². The summed E-state index contributed by atoms with van der Waals surface area (Å²) in [5, 5.41) is 8.20. The van der Waals surface area contributed by atoms with Crippen LogP contribution >= 0.6 is 15.9 Å². The van der Waals surface area contributed by atoms with Gasteiger partial charge in [-0.2, -0.15) is 0 Å². The maximum Gasteiger partial charge on any atom is 0.315 e. The Labute approximate surface area is 144 Å². The van der Waals surface area contributed by atoms with Crippen molar-refractivity contribution >= 4 is 39.2 Å². The highest BCUT2D eigenvalue weighted by atomic mass is 79.9. The summed E-state index contributed by atoms with van der Waals surface area (Å²) in [5.41, 5.74) is 7.88. The van der Waals surface area contributed by atoms with Crippen molar-refractivity contribution in [1.82, 2.24) is 10.6 Å². The van der Waals surface area contributed by atoms with Gasteiger partial charge in [-0.15, -0.1) is 0 Å². The summed E-state index contributed by atoms with van der Waals surface area (Å²) in [7, 11) is 0.